The fourth-order valence-corrected chi connectivity index (χ4v) is 3.83. The second-order valence-corrected chi connectivity index (χ2v) is 6.53. The molecule has 0 saturated carbocycles. The average molecular weight is 295 g/mol. The van der Waals surface area contributed by atoms with Gasteiger partial charge in [0.05, 0.1) is 0 Å². The third kappa shape index (κ3) is 3.17. The van der Waals surface area contributed by atoms with Gasteiger partial charge in [0, 0.05) is 18.5 Å². The van der Waals surface area contributed by atoms with Gasteiger partial charge in [-0.15, -0.1) is 0 Å². The zero-order valence-corrected chi connectivity index (χ0v) is 13.3. The van der Waals surface area contributed by atoms with Crippen LogP contribution in [0.3, 0.4) is 0 Å². The van der Waals surface area contributed by atoms with Crippen molar-refractivity contribution in [3.05, 3.63) is 65.7 Å². The molecule has 1 atom stereocenters. The van der Waals surface area contributed by atoms with Crippen LogP contribution in [0.5, 0.6) is 5.75 Å². The second kappa shape index (κ2) is 6.53. The molecule has 0 bridgehead atoms. The zero-order valence-electron chi connectivity index (χ0n) is 13.3. The van der Waals surface area contributed by atoms with Crippen molar-refractivity contribution in [3.8, 4) is 5.75 Å². The topological polar surface area (TPSA) is 23.5 Å². The highest BCUT2D eigenvalue weighted by molar-refractivity contribution is 5.34. The first-order valence-corrected chi connectivity index (χ1v) is 8.28. The first-order chi connectivity index (χ1) is 10.7. The van der Waals surface area contributed by atoms with Crippen LogP contribution in [0.4, 0.5) is 0 Å². The minimum absolute atomic E-state index is 0.197. The summed E-state index contributed by atoms with van der Waals surface area (Å²) in [6.45, 7) is 5.49. The molecule has 1 fully saturated rings. The van der Waals surface area contributed by atoms with Crippen LogP contribution in [0.25, 0.3) is 0 Å². The molecule has 1 aliphatic heterocycles. The predicted octanol–water partition coefficient (Wildman–Crippen LogP) is 4.34. The van der Waals surface area contributed by atoms with E-state index in [9.17, 15) is 5.11 Å². The molecule has 116 valence electrons. The summed E-state index contributed by atoms with van der Waals surface area (Å²) in [6.07, 6.45) is 3.54. The van der Waals surface area contributed by atoms with E-state index in [0.717, 1.165) is 19.6 Å². The van der Waals surface area contributed by atoms with Crippen LogP contribution in [0.1, 0.15) is 37.3 Å². The molecule has 1 heterocycles. The molecule has 3 rings (SSSR count). The lowest BCUT2D eigenvalue weighted by atomic mass is 9.76. The minimum atomic E-state index is 0.197. The Balaban J connectivity index is 1.79. The van der Waals surface area contributed by atoms with Crippen LogP contribution < -0.4 is 0 Å². The third-order valence-electron chi connectivity index (χ3n) is 4.87. The Morgan fingerprint density at radius 2 is 1.91 bits per heavy atom. The first kappa shape index (κ1) is 15.1. The van der Waals surface area contributed by atoms with Crippen molar-refractivity contribution in [3.63, 3.8) is 0 Å². The molecule has 2 heteroatoms. The fraction of sp³-hybridized carbons (Fsp3) is 0.400. The minimum Gasteiger partial charge on any atom is -0.508 e. The van der Waals surface area contributed by atoms with Gasteiger partial charge < -0.3 is 5.11 Å². The van der Waals surface area contributed by atoms with Gasteiger partial charge in [0.25, 0.3) is 0 Å². The van der Waals surface area contributed by atoms with Crippen LogP contribution in [-0.2, 0) is 12.0 Å². The molecule has 0 amide bonds. The zero-order chi connectivity index (χ0) is 15.4. The summed E-state index contributed by atoms with van der Waals surface area (Å²) in [5, 5.41) is 9.84. The second-order valence-electron chi connectivity index (χ2n) is 6.53. The molecule has 2 aromatic carbocycles. The van der Waals surface area contributed by atoms with Crippen molar-refractivity contribution < 1.29 is 5.11 Å². The summed E-state index contributed by atoms with van der Waals surface area (Å²) in [5.41, 5.74) is 2.87. The number of rotatable bonds is 5. The van der Waals surface area contributed by atoms with E-state index in [2.05, 4.69) is 48.2 Å². The van der Waals surface area contributed by atoms with Crippen LogP contribution >= 0.6 is 0 Å². The van der Waals surface area contributed by atoms with Crippen molar-refractivity contribution in [1.29, 1.82) is 0 Å². The summed E-state index contributed by atoms with van der Waals surface area (Å²) >= 11 is 0. The molecule has 0 unspecified atom stereocenters. The maximum atomic E-state index is 9.84. The SMILES string of the molecule is CCC[C@]1(c2cccc(O)c2)CCN(Cc2ccccc2)C1. The molecule has 22 heavy (non-hydrogen) atoms. The lowest BCUT2D eigenvalue weighted by Crippen LogP contribution is -2.30. The van der Waals surface area contributed by atoms with Crippen molar-refractivity contribution in [2.75, 3.05) is 13.1 Å². The van der Waals surface area contributed by atoms with Gasteiger partial charge in [-0.2, -0.15) is 0 Å². The largest absolute Gasteiger partial charge is 0.508 e. The molecular weight excluding hydrogens is 270 g/mol. The van der Waals surface area contributed by atoms with Gasteiger partial charge in [0.2, 0.25) is 0 Å². The Morgan fingerprint density at radius 1 is 1.09 bits per heavy atom. The summed E-state index contributed by atoms with van der Waals surface area (Å²) in [7, 11) is 0. The Hall–Kier alpha value is -1.80. The number of benzene rings is 2. The molecule has 0 aliphatic carbocycles. The van der Waals surface area contributed by atoms with Crippen LogP contribution in [0.15, 0.2) is 54.6 Å². The van der Waals surface area contributed by atoms with Crippen LogP contribution in [0, 0.1) is 0 Å². The quantitative estimate of drug-likeness (QED) is 0.887. The molecule has 1 saturated heterocycles. The van der Waals surface area contributed by atoms with Crippen LogP contribution in [0.2, 0.25) is 0 Å². The molecule has 0 radical (unpaired) electrons. The van der Waals surface area contributed by atoms with Crippen molar-refractivity contribution in [2.24, 2.45) is 0 Å². The standard InChI is InChI=1S/C20H25NO/c1-2-11-20(18-9-6-10-19(22)14-18)12-13-21(16-20)15-17-7-4-3-5-8-17/h3-10,14,22H,2,11-13,15-16H2,1H3/t20-/m0/s1. The number of phenolic OH excluding ortho intramolecular Hbond substituents is 1. The molecule has 1 aliphatic rings. The van der Waals surface area contributed by atoms with Crippen molar-refractivity contribution in [2.45, 2.75) is 38.1 Å². The summed E-state index contributed by atoms with van der Waals surface area (Å²) in [6, 6.07) is 18.6. The highest BCUT2D eigenvalue weighted by Crippen LogP contribution is 2.40. The smallest absolute Gasteiger partial charge is 0.115 e. The van der Waals surface area contributed by atoms with E-state index in [1.165, 1.54) is 30.4 Å². The first-order valence-electron chi connectivity index (χ1n) is 8.28. The van der Waals surface area contributed by atoms with E-state index in [0.29, 0.717) is 5.75 Å². The van der Waals surface area contributed by atoms with E-state index < -0.39 is 0 Å². The number of phenols is 1. The fourth-order valence-electron chi connectivity index (χ4n) is 3.83. The van der Waals surface area contributed by atoms with Gasteiger partial charge in [0.1, 0.15) is 5.75 Å². The average Bonchev–Trinajstić information content (AvgIpc) is 2.93. The Bertz CT molecular complexity index is 610. The highest BCUT2D eigenvalue weighted by atomic mass is 16.3. The van der Waals surface area contributed by atoms with E-state index in [-0.39, 0.29) is 5.41 Å². The van der Waals surface area contributed by atoms with Crippen molar-refractivity contribution >= 4 is 0 Å². The number of nitrogens with zero attached hydrogens (tertiary/aromatic N) is 1. The van der Waals surface area contributed by atoms with E-state index in [4.69, 9.17) is 0 Å². The van der Waals surface area contributed by atoms with Gasteiger partial charge in [-0.05, 0) is 42.6 Å². The Labute approximate surface area is 133 Å². The van der Waals surface area contributed by atoms with Crippen molar-refractivity contribution in [1.82, 2.24) is 4.90 Å². The molecular formula is C20H25NO. The lowest BCUT2D eigenvalue weighted by Gasteiger charge is -2.30. The summed E-state index contributed by atoms with van der Waals surface area (Å²) < 4.78 is 0. The number of hydrogen-bond acceptors (Lipinski definition) is 2. The summed E-state index contributed by atoms with van der Waals surface area (Å²) in [4.78, 5) is 2.55. The Morgan fingerprint density at radius 3 is 2.64 bits per heavy atom. The molecule has 0 spiro atoms. The van der Waals surface area contributed by atoms with Gasteiger partial charge in [-0.25, -0.2) is 0 Å². The molecule has 2 nitrogen and oxygen atoms in total. The number of aromatic hydroxyl groups is 1. The van der Waals surface area contributed by atoms with E-state index >= 15 is 0 Å². The Kier molecular flexibility index (Phi) is 4.49. The van der Waals surface area contributed by atoms with Crippen LogP contribution in [-0.4, -0.2) is 23.1 Å². The van der Waals surface area contributed by atoms with Gasteiger partial charge >= 0.3 is 0 Å². The van der Waals surface area contributed by atoms with Gasteiger partial charge in [-0.1, -0.05) is 55.8 Å². The lowest BCUT2D eigenvalue weighted by molar-refractivity contribution is 0.294. The van der Waals surface area contributed by atoms with E-state index in [1.54, 1.807) is 6.07 Å². The maximum Gasteiger partial charge on any atom is 0.115 e. The monoisotopic (exact) mass is 295 g/mol. The molecule has 0 aromatic heterocycles. The van der Waals surface area contributed by atoms with Gasteiger partial charge in [-0.3, -0.25) is 4.90 Å². The normalized spacial score (nSPS) is 22.0. The molecule has 2 aromatic rings. The third-order valence-corrected chi connectivity index (χ3v) is 4.87. The van der Waals surface area contributed by atoms with E-state index in [1.807, 2.05) is 12.1 Å². The summed E-state index contributed by atoms with van der Waals surface area (Å²) in [5.74, 6) is 0.384. The highest BCUT2D eigenvalue weighted by Gasteiger charge is 2.38. The predicted molar refractivity (Wildman–Crippen MR) is 91.0 cm³/mol. The number of likely N-dealkylation sites (tertiary alicyclic amines) is 1. The maximum absolute atomic E-state index is 9.84. The molecule has 1 N–H and O–H groups in total. The number of hydrogen-bond donors (Lipinski definition) is 1. The van der Waals surface area contributed by atoms with Gasteiger partial charge in [0.15, 0.2) is 0 Å².